The molecular weight excluding hydrogens is 494 g/mol. The van der Waals surface area contributed by atoms with Gasteiger partial charge in [-0.3, -0.25) is 4.79 Å². The van der Waals surface area contributed by atoms with Crippen LogP contribution in [0.15, 0.2) is 60.7 Å². The Balaban J connectivity index is 0.00000100. The normalized spacial score (nSPS) is 11.2. The number of aryl methyl sites for hydroxylation is 2. The molecule has 0 radical (unpaired) electrons. The van der Waals surface area contributed by atoms with E-state index in [1.165, 1.54) is 19.2 Å². The van der Waals surface area contributed by atoms with Crippen molar-refractivity contribution in [3.63, 3.8) is 0 Å². The van der Waals surface area contributed by atoms with Crippen LogP contribution in [-0.4, -0.2) is 17.9 Å². The SMILES string of the molecule is CC.CN.Cc1cc(N)nc(C)c1CNC(=O)c1ccc2c(c1)Cc1ccc(-c3ccc(F)cc3F)cc1C2. The summed E-state index contributed by atoms with van der Waals surface area (Å²) in [6.07, 6.45) is 1.39. The summed E-state index contributed by atoms with van der Waals surface area (Å²) in [6.45, 7) is 8.22. The molecule has 0 aliphatic heterocycles. The second-order valence-corrected chi connectivity index (χ2v) is 9.06. The molecule has 204 valence electrons. The number of anilines is 1. The molecular formula is C32H36F2N4O. The number of halogens is 2. The van der Waals surface area contributed by atoms with Crippen molar-refractivity contribution in [2.75, 3.05) is 12.8 Å². The second kappa shape index (κ2) is 13.1. The van der Waals surface area contributed by atoms with Crippen molar-refractivity contribution < 1.29 is 13.6 Å². The average Bonchev–Trinajstić information content (AvgIpc) is 2.93. The Labute approximate surface area is 229 Å². The fraction of sp³-hybridized carbons (Fsp3) is 0.250. The first-order valence-corrected chi connectivity index (χ1v) is 13.1. The molecule has 5 nitrogen and oxygen atoms in total. The molecule has 5 rings (SSSR count). The van der Waals surface area contributed by atoms with Gasteiger partial charge in [-0.1, -0.05) is 38.1 Å². The lowest BCUT2D eigenvalue weighted by Gasteiger charge is -2.21. The van der Waals surface area contributed by atoms with Gasteiger partial charge in [0.15, 0.2) is 0 Å². The van der Waals surface area contributed by atoms with Crippen LogP contribution in [0.5, 0.6) is 0 Å². The Hall–Kier alpha value is -4.10. The van der Waals surface area contributed by atoms with E-state index in [-0.39, 0.29) is 5.91 Å². The fourth-order valence-corrected chi connectivity index (χ4v) is 4.79. The summed E-state index contributed by atoms with van der Waals surface area (Å²) in [5.74, 6) is -0.832. The molecule has 0 bridgehead atoms. The molecule has 4 aromatic rings. The number of nitrogens with zero attached hydrogens (tertiary/aromatic N) is 1. The maximum absolute atomic E-state index is 14.3. The van der Waals surface area contributed by atoms with Crippen molar-refractivity contribution in [1.82, 2.24) is 10.3 Å². The number of rotatable bonds is 4. The zero-order chi connectivity index (χ0) is 28.7. The molecule has 1 aromatic heterocycles. The van der Waals surface area contributed by atoms with E-state index in [0.29, 0.717) is 36.3 Å². The van der Waals surface area contributed by atoms with Crippen LogP contribution in [0, 0.1) is 25.5 Å². The van der Waals surface area contributed by atoms with Crippen molar-refractivity contribution >= 4 is 11.7 Å². The number of carbonyl (C=O) groups excluding carboxylic acids is 1. The summed E-state index contributed by atoms with van der Waals surface area (Å²) >= 11 is 0. The van der Waals surface area contributed by atoms with Crippen LogP contribution in [0.25, 0.3) is 11.1 Å². The summed E-state index contributed by atoms with van der Waals surface area (Å²) in [4.78, 5) is 17.2. The third-order valence-corrected chi connectivity index (χ3v) is 6.68. The Morgan fingerprint density at radius 1 is 0.872 bits per heavy atom. The van der Waals surface area contributed by atoms with Gasteiger partial charge < -0.3 is 16.8 Å². The highest BCUT2D eigenvalue weighted by Gasteiger charge is 2.19. The zero-order valence-corrected chi connectivity index (χ0v) is 23.2. The van der Waals surface area contributed by atoms with E-state index in [2.05, 4.69) is 16.0 Å². The summed E-state index contributed by atoms with van der Waals surface area (Å²) in [6, 6.07) is 17.0. The lowest BCUT2D eigenvalue weighted by atomic mass is 9.83. The van der Waals surface area contributed by atoms with Gasteiger partial charge in [0.2, 0.25) is 0 Å². The molecule has 0 fully saturated rings. The molecule has 1 aliphatic carbocycles. The molecule has 0 spiro atoms. The predicted molar refractivity (Wildman–Crippen MR) is 155 cm³/mol. The van der Waals surface area contributed by atoms with E-state index in [9.17, 15) is 13.6 Å². The van der Waals surface area contributed by atoms with Gasteiger partial charge in [0.1, 0.15) is 17.5 Å². The van der Waals surface area contributed by atoms with Crippen molar-refractivity contribution in [2.45, 2.75) is 47.1 Å². The van der Waals surface area contributed by atoms with E-state index in [1.54, 1.807) is 6.07 Å². The van der Waals surface area contributed by atoms with Gasteiger partial charge in [-0.2, -0.15) is 0 Å². The van der Waals surface area contributed by atoms with E-state index < -0.39 is 11.6 Å². The first kappa shape index (κ1) is 29.5. The first-order chi connectivity index (χ1) is 18.8. The van der Waals surface area contributed by atoms with Crippen molar-refractivity contribution in [1.29, 1.82) is 0 Å². The number of benzene rings is 3. The van der Waals surface area contributed by atoms with Gasteiger partial charge in [-0.05, 0) is 103 Å². The number of nitrogens with two attached hydrogens (primary N) is 2. The summed E-state index contributed by atoms with van der Waals surface area (Å²) in [5.41, 5.74) is 19.3. The number of nitrogens with one attached hydrogen (secondary N) is 1. The van der Waals surface area contributed by atoms with Crippen LogP contribution < -0.4 is 16.8 Å². The molecule has 1 heterocycles. The monoisotopic (exact) mass is 530 g/mol. The van der Waals surface area contributed by atoms with Crippen LogP contribution in [0.4, 0.5) is 14.6 Å². The smallest absolute Gasteiger partial charge is 0.251 e. The standard InChI is InChI=1S/C29H25F2N3O.C2H6.CH5N/c1-16-9-28(32)34-17(2)26(16)15-33-29(35)21-6-4-19-10-22-12-20(5-3-18(22)11-23(19)13-21)25-8-7-24(30)14-27(25)31;2*1-2/h3-9,12-14H,10-11,15H2,1-2H3,(H2,32,34)(H,33,35);1-2H3;2H2,1H3. The first-order valence-electron chi connectivity index (χ1n) is 13.1. The molecule has 1 aliphatic rings. The lowest BCUT2D eigenvalue weighted by Crippen LogP contribution is -2.24. The van der Waals surface area contributed by atoms with Crippen LogP contribution in [0.2, 0.25) is 0 Å². The average molecular weight is 531 g/mol. The number of aromatic nitrogens is 1. The van der Waals surface area contributed by atoms with Crippen molar-refractivity contribution in [2.24, 2.45) is 5.73 Å². The molecule has 39 heavy (non-hydrogen) atoms. The quantitative estimate of drug-likeness (QED) is 0.256. The number of fused-ring (bicyclic) bond motifs is 2. The van der Waals surface area contributed by atoms with Gasteiger partial charge in [-0.25, -0.2) is 13.8 Å². The van der Waals surface area contributed by atoms with Crippen molar-refractivity contribution in [3.05, 3.63) is 117 Å². The number of amides is 1. The van der Waals surface area contributed by atoms with Gasteiger partial charge in [0.25, 0.3) is 5.91 Å². The Bertz CT molecular complexity index is 1460. The Morgan fingerprint density at radius 3 is 2.15 bits per heavy atom. The third-order valence-electron chi connectivity index (χ3n) is 6.68. The third kappa shape index (κ3) is 6.67. The molecule has 1 amide bonds. The molecule has 3 aromatic carbocycles. The van der Waals surface area contributed by atoms with Crippen LogP contribution in [0.3, 0.4) is 0 Å². The van der Waals surface area contributed by atoms with Crippen LogP contribution in [-0.2, 0) is 19.4 Å². The summed E-state index contributed by atoms with van der Waals surface area (Å²) in [7, 11) is 1.50. The minimum atomic E-state index is -0.589. The zero-order valence-electron chi connectivity index (χ0n) is 23.2. The van der Waals surface area contributed by atoms with E-state index >= 15 is 0 Å². The highest BCUT2D eigenvalue weighted by atomic mass is 19.1. The largest absolute Gasteiger partial charge is 0.384 e. The highest BCUT2D eigenvalue weighted by Crippen LogP contribution is 2.32. The fourth-order valence-electron chi connectivity index (χ4n) is 4.79. The van der Waals surface area contributed by atoms with Gasteiger partial charge in [0.05, 0.1) is 0 Å². The number of carbonyl (C=O) groups is 1. The predicted octanol–water partition coefficient (Wildman–Crippen LogP) is 6.25. The summed E-state index contributed by atoms with van der Waals surface area (Å²) < 4.78 is 27.6. The highest BCUT2D eigenvalue weighted by molar-refractivity contribution is 5.94. The number of hydrogen-bond donors (Lipinski definition) is 3. The maximum atomic E-state index is 14.3. The van der Waals surface area contributed by atoms with Gasteiger partial charge in [0, 0.05) is 29.4 Å². The lowest BCUT2D eigenvalue weighted by molar-refractivity contribution is 0.0950. The van der Waals surface area contributed by atoms with Gasteiger partial charge in [-0.15, -0.1) is 0 Å². The van der Waals surface area contributed by atoms with Crippen LogP contribution >= 0.6 is 0 Å². The minimum absolute atomic E-state index is 0.142. The molecule has 5 N–H and O–H groups in total. The van der Waals surface area contributed by atoms with E-state index in [4.69, 9.17) is 5.73 Å². The Kier molecular flexibility index (Phi) is 9.90. The number of pyridine rings is 1. The summed E-state index contributed by atoms with van der Waals surface area (Å²) in [5, 5.41) is 3.00. The van der Waals surface area contributed by atoms with Crippen LogP contribution in [0.1, 0.15) is 63.3 Å². The second-order valence-electron chi connectivity index (χ2n) is 9.06. The number of hydrogen-bond acceptors (Lipinski definition) is 4. The van der Waals surface area contributed by atoms with E-state index in [0.717, 1.165) is 50.7 Å². The van der Waals surface area contributed by atoms with Gasteiger partial charge >= 0.3 is 0 Å². The van der Waals surface area contributed by atoms with Crippen molar-refractivity contribution in [3.8, 4) is 11.1 Å². The molecule has 0 saturated carbocycles. The minimum Gasteiger partial charge on any atom is -0.384 e. The Morgan fingerprint density at radius 2 is 1.51 bits per heavy atom. The molecule has 7 heteroatoms. The molecule has 0 saturated heterocycles. The number of nitrogen functional groups attached to an aromatic ring is 1. The topological polar surface area (TPSA) is 94.0 Å². The maximum Gasteiger partial charge on any atom is 0.251 e. The van der Waals surface area contributed by atoms with E-state index in [1.807, 2.05) is 64.1 Å². The molecule has 0 atom stereocenters. The molecule has 0 unspecified atom stereocenters.